The molecule has 130 valence electrons. The van der Waals surface area contributed by atoms with E-state index in [1.165, 1.54) is 6.42 Å². The van der Waals surface area contributed by atoms with Gasteiger partial charge in [0.1, 0.15) is 0 Å². The number of nitrogens with one attached hydrogen (secondary N) is 2. The summed E-state index contributed by atoms with van der Waals surface area (Å²) in [6.07, 6.45) is 2.32. The van der Waals surface area contributed by atoms with E-state index in [-0.39, 0.29) is 0 Å². The van der Waals surface area contributed by atoms with Gasteiger partial charge in [-0.3, -0.25) is 4.99 Å². The zero-order valence-corrected chi connectivity index (χ0v) is 15.7. The molecule has 1 rings (SSSR count). The monoisotopic (exact) mass is 338 g/mol. The average Bonchev–Trinajstić information content (AvgIpc) is 2.56. The quantitative estimate of drug-likeness (QED) is 0.534. The van der Waals surface area contributed by atoms with Gasteiger partial charge in [-0.05, 0) is 51.0 Å². The molecule has 23 heavy (non-hydrogen) atoms. The van der Waals surface area contributed by atoms with E-state index in [9.17, 15) is 0 Å². The number of aliphatic imine (C=N–C) groups is 1. The standard InChI is InChI=1S/C18H31ClN4/c1-5-23(6-2)13-9-10-15(3)22-18(20-4)21-14-16-11-7-8-12-17(16)19/h7-8,11-12,15H,5-6,9-10,13-14H2,1-4H3,(H2,20,21,22). The van der Waals surface area contributed by atoms with Crippen LogP contribution in [0.25, 0.3) is 0 Å². The Kier molecular flexibility index (Phi) is 9.72. The van der Waals surface area contributed by atoms with Crippen molar-refractivity contribution in [3.8, 4) is 0 Å². The van der Waals surface area contributed by atoms with Crippen LogP contribution in [0.5, 0.6) is 0 Å². The molecule has 0 radical (unpaired) electrons. The molecule has 0 spiro atoms. The maximum Gasteiger partial charge on any atom is 0.191 e. The van der Waals surface area contributed by atoms with Gasteiger partial charge in [-0.15, -0.1) is 0 Å². The number of halogens is 1. The highest BCUT2D eigenvalue weighted by molar-refractivity contribution is 6.31. The number of benzene rings is 1. The van der Waals surface area contributed by atoms with Crippen LogP contribution in [-0.2, 0) is 6.54 Å². The fraction of sp³-hybridized carbons (Fsp3) is 0.611. The first-order valence-electron chi connectivity index (χ1n) is 8.53. The molecule has 0 aliphatic heterocycles. The minimum absolute atomic E-state index is 0.392. The average molecular weight is 339 g/mol. The predicted molar refractivity (Wildman–Crippen MR) is 101 cm³/mol. The minimum Gasteiger partial charge on any atom is -0.354 e. The van der Waals surface area contributed by atoms with Gasteiger partial charge in [0, 0.05) is 24.7 Å². The maximum absolute atomic E-state index is 6.18. The van der Waals surface area contributed by atoms with E-state index in [1.54, 1.807) is 7.05 Å². The topological polar surface area (TPSA) is 39.7 Å². The van der Waals surface area contributed by atoms with Crippen LogP contribution < -0.4 is 10.6 Å². The molecule has 0 fully saturated rings. The molecule has 0 saturated carbocycles. The third-order valence-electron chi connectivity index (χ3n) is 4.02. The summed E-state index contributed by atoms with van der Waals surface area (Å²) in [7, 11) is 1.80. The molecule has 4 nitrogen and oxygen atoms in total. The van der Waals surface area contributed by atoms with Crippen molar-refractivity contribution in [2.75, 3.05) is 26.7 Å². The number of hydrogen-bond acceptors (Lipinski definition) is 2. The van der Waals surface area contributed by atoms with Crippen LogP contribution in [0, 0.1) is 0 Å². The summed E-state index contributed by atoms with van der Waals surface area (Å²) in [5, 5.41) is 7.55. The zero-order valence-electron chi connectivity index (χ0n) is 14.9. The van der Waals surface area contributed by atoms with Crippen molar-refractivity contribution in [2.45, 2.75) is 46.2 Å². The Morgan fingerprint density at radius 2 is 1.96 bits per heavy atom. The van der Waals surface area contributed by atoms with Crippen LogP contribution >= 0.6 is 11.6 Å². The minimum atomic E-state index is 0.392. The van der Waals surface area contributed by atoms with E-state index < -0.39 is 0 Å². The second kappa shape index (κ2) is 11.3. The van der Waals surface area contributed by atoms with Crippen molar-refractivity contribution in [1.29, 1.82) is 0 Å². The van der Waals surface area contributed by atoms with Gasteiger partial charge in [0.2, 0.25) is 0 Å². The lowest BCUT2D eigenvalue weighted by atomic mass is 10.2. The highest BCUT2D eigenvalue weighted by Gasteiger charge is 2.07. The zero-order chi connectivity index (χ0) is 17.1. The van der Waals surface area contributed by atoms with Crippen LogP contribution in [0.3, 0.4) is 0 Å². The van der Waals surface area contributed by atoms with Crippen molar-refractivity contribution < 1.29 is 0 Å². The molecule has 1 atom stereocenters. The molecule has 1 aromatic rings. The SMILES string of the molecule is CCN(CC)CCCC(C)NC(=NC)NCc1ccccc1Cl. The first-order chi connectivity index (χ1) is 11.1. The van der Waals surface area contributed by atoms with E-state index in [0.29, 0.717) is 12.6 Å². The highest BCUT2D eigenvalue weighted by atomic mass is 35.5. The first-order valence-corrected chi connectivity index (χ1v) is 8.91. The third-order valence-corrected chi connectivity index (χ3v) is 4.39. The van der Waals surface area contributed by atoms with Gasteiger partial charge >= 0.3 is 0 Å². The van der Waals surface area contributed by atoms with E-state index in [4.69, 9.17) is 11.6 Å². The van der Waals surface area contributed by atoms with Crippen molar-refractivity contribution in [3.05, 3.63) is 34.9 Å². The van der Waals surface area contributed by atoms with Gasteiger partial charge in [-0.2, -0.15) is 0 Å². The summed E-state index contributed by atoms with van der Waals surface area (Å²) in [4.78, 5) is 6.74. The number of hydrogen-bond donors (Lipinski definition) is 2. The van der Waals surface area contributed by atoms with Gasteiger partial charge in [-0.1, -0.05) is 43.6 Å². The van der Waals surface area contributed by atoms with Crippen LogP contribution in [0.4, 0.5) is 0 Å². The predicted octanol–water partition coefficient (Wildman–Crippen LogP) is 3.52. The number of nitrogens with zero attached hydrogens (tertiary/aromatic N) is 2. The molecule has 0 heterocycles. The molecule has 1 aromatic carbocycles. The molecule has 0 aliphatic rings. The van der Waals surface area contributed by atoms with Crippen molar-refractivity contribution in [2.24, 2.45) is 4.99 Å². The van der Waals surface area contributed by atoms with E-state index in [2.05, 4.69) is 41.3 Å². The van der Waals surface area contributed by atoms with Gasteiger partial charge in [-0.25, -0.2) is 0 Å². The maximum atomic E-state index is 6.18. The lowest BCUT2D eigenvalue weighted by molar-refractivity contribution is 0.292. The molecule has 0 amide bonds. The summed E-state index contributed by atoms with van der Waals surface area (Å²) in [5.41, 5.74) is 1.08. The van der Waals surface area contributed by atoms with Crippen LogP contribution in [0.2, 0.25) is 5.02 Å². The second-order valence-electron chi connectivity index (χ2n) is 5.73. The summed E-state index contributed by atoms with van der Waals surface area (Å²) in [5.74, 6) is 0.820. The Balaban J connectivity index is 2.34. The summed E-state index contributed by atoms with van der Waals surface area (Å²) >= 11 is 6.18. The molecular weight excluding hydrogens is 308 g/mol. The van der Waals surface area contributed by atoms with Crippen LogP contribution in [0.15, 0.2) is 29.3 Å². The first kappa shape index (κ1) is 19.8. The van der Waals surface area contributed by atoms with Gasteiger partial charge in [0.05, 0.1) is 0 Å². The molecule has 0 aromatic heterocycles. The normalized spacial score (nSPS) is 13.2. The van der Waals surface area contributed by atoms with Crippen molar-refractivity contribution >= 4 is 17.6 Å². The Morgan fingerprint density at radius 1 is 1.26 bits per heavy atom. The molecule has 0 aliphatic carbocycles. The molecule has 1 unspecified atom stereocenters. The Morgan fingerprint density at radius 3 is 2.57 bits per heavy atom. The van der Waals surface area contributed by atoms with Crippen LogP contribution in [0.1, 0.15) is 39.2 Å². The highest BCUT2D eigenvalue weighted by Crippen LogP contribution is 2.14. The van der Waals surface area contributed by atoms with E-state index in [0.717, 1.165) is 42.6 Å². The Hall–Kier alpha value is -1.26. The molecule has 2 N–H and O–H groups in total. The third kappa shape index (κ3) is 7.71. The van der Waals surface area contributed by atoms with Gasteiger partial charge in [0.25, 0.3) is 0 Å². The Bertz CT molecular complexity index is 472. The molecular formula is C18H31ClN4. The molecule has 0 saturated heterocycles. The number of guanidine groups is 1. The van der Waals surface area contributed by atoms with Crippen molar-refractivity contribution in [1.82, 2.24) is 15.5 Å². The fourth-order valence-corrected chi connectivity index (χ4v) is 2.68. The van der Waals surface area contributed by atoms with Gasteiger partial charge < -0.3 is 15.5 Å². The summed E-state index contributed by atoms with van der Waals surface area (Å²) in [6, 6.07) is 8.26. The molecule has 5 heteroatoms. The Labute approximate surface area is 146 Å². The van der Waals surface area contributed by atoms with Crippen molar-refractivity contribution in [3.63, 3.8) is 0 Å². The lowest BCUT2D eigenvalue weighted by Crippen LogP contribution is -2.42. The van der Waals surface area contributed by atoms with E-state index >= 15 is 0 Å². The summed E-state index contributed by atoms with van der Waals surface area (Å²) < 4.78 is 0. The van der Waals surface area contributed by atoms with Crippen LogP contribution in [-0.4, -0.2) is 43.6 Å². The lowest BCUT2D eigenvalue weighted by Gasteiger charge is -2.21. The number of rotatable bonds is 9. The fourth-order valence-electron chi connectivity index (χ4n) is 2.48. The van der Waals surface area contributed by atoms with E-state index in [1.807, 2.05) is 24.3 Å². The summed E-state index contributed by atoms with van der Waals surface area (Å²) in [6.45, 7) is 10.7. The smallest absolute Gasteiger partial charge is 0.191 e. The second-order valence-corrected chi connectivity index (χ2v) is 6.14. The van der Waals surface area contributed by atoms with Gasteiger partial charge in [0.15, 0.2) is 5.96 Å². The molecule has 0 bridgehead atoms. The largest absolute Gasteiger partial charge is 0.354 e.